The van der Waals surface area contributed by atoms with Crippen molar-refractivity contribution in [1.29, 1.82) is 0 Å². The van der Waals surface area contributed by atoms with Crippen LogP contribution in [0.3, 0.4) is 0 Å². The van der Waals surface area contributed by atoms with Crippen molar-refractivity contribution in [1.82, 2.24) is 20.0 Å². The Morgan fingerprint density at radius 3 is 2.63 bits per heavy atom. The lowest BCUT2D eigenvalue weighted by atomic mass is 9.96. The monoisotopic (exact) mass is 487 g/mol. The van der Waals surface area contributed by atoms with Crippen LogP contribution in [-0.4, -0.2) is 72.8 Å². The number of ether oxygens (including phenoxy) is 2. The lowest BCUT2D eigenvalue weighted by Crippen LogP contribution is -2.54. The highest BCUT2D eigenvalue weighted by atomic mass is 19.1. The maximum Gasteiger partial charge on any atom is 0.317 e. The molecule has 2 amide bonds. The van der Waals surface area contributed by atoms with Crippen molar-refractivity contribution < 1.29 is 18.7 Å². The number of carbonyl (C=O) groups excluding carboxylic acids is 1. The number of aromatic nitrogens is 2. The minimum absolute atomic E-state index is 0.0237. The van der Waals surface area contributed by atoms with Crippen molar-refractivity contribution >= 4 is 11.7 Å². The quantitative estimate of drug-likeness (QED) is 0.576. The van der Waals surface area contributed by atoms with E-state index in [0.29, 0.717) is 50.8 Å². The van der Waals surface area contributed by atoms with Gasteiger partial charge in [-0.05, 0) is 38.0 Å². The molecule has 2 aromatic rings. The standard InChI is InChI=1S/C25H34FN5O4/c1-2-34-15-16-35-23-22(18-27-31(24(23)32)21-10-6-7-19(26)17-21)29-11-13-30(14-12-29)25(33)28-20-8-4-3-5-9-20/h6-7,10,17-18,20H,2-5,8-9,11-16H2,1H3,(H,28,33). The van der Waals surface area contributed by atoms with Gasteiger partial charge in [-0.15, -0.1) is 0 Å². The van der Waals surface area contributed by atoms with Gasteiger partial charge < -0.3 is 24.6 Å². The van der Waals surface area contributed by atoms with Crippen LogP contribution in [0.25, 0.3) is 5.69 Å². The summed E-state index contributed by atoms with van der Waals surface area (Å²) < 4.78 is 26.1. The molecule has 35 heavy (non-hydrogen) atoms. The Morgan fingerprint density at radius 2 is 1.91 bits per heavy atom. The lowest BCUT2D eigenvalue weighted by Gasteiger charge is -2.37. The van der Waals surface area contributed by atoms with E-state index in [1.54, 1.807) is 12.3 Å². The van der Waals surface area contributed by atoms with Gasteiger partial charge in [0.25, 0.3) is 0 Å². The van der Waals surface area contributed by atoms with E-state index in [-0.39, 0.29) is 24.4 Å². The van der Waals surface area contributed by atoms with Crippen LogP contribution in [0.2, 0.25) is 0 Å². The van der Waals surface area contributed by atoms with Crippen molar-refractivity contribution in [3.63, 3.8) is 0 Å². The Bertz CT molecular complexity index is 1050. The van der Waals surface area contributed by atoms with Gasteiger partial charge in [-0.25, -0.2) is 9.18 Å². The van der Waals surface area contributed by atoms with Crippen molar-refractivity contribution in [2.24, 2.45) is 0 Å². The number of anilines is 1. The first-order valence-electron chi connectivity index (χ1n) is 12.5. The number of halogens is 1. The van der Waals surface area contributed by atoms with Crippen LogP contribution in [0.4, 0.5) is 14.9 Å². The fourth-order valence-corrected chi connectivity index (χ4v) is 4.59. The first-order chi connectivity index (χ1) is 17.1. The maximum atomic E-state index is 13.8. The van der Waals surface area contributed by atoms with Crippen LogP contribution in [0, 0.1) is 5.82 Å². The highest BCUT2D eigenvalue weighted by Gasteiger charge is 2.27. The molecule has 10 heteroatoms. The van der Waals surface area contributed by atoms with E-state index in [9.17, 15) is 14.0 Å². The molecule has 4 rings (SSSR count). The molecule has 2 fully saturated rings. The molecule has 1 N–H and O–H groups in total. The van der Waals surface area contributed by atoms with Gasteiger partial charge in [-0.2, -0.15) is 9.78 Å². The van der Waals surface area contributed by atoms with Crippen LogP contribution in [0.1, 0.15) is 39.0 Å². The average Bonchev–Trinajstić information content (AvgIpc) is 2.88. The summed E-state index contributed by atoms with van der Waals surface area (Å²) in [6.45, 7) is 5.13. The molecule has 2 aliphatic rings. The number of carbonyl (C=O) groups is 1. The molecule has 1 aromatic heterocycles. The zero-order valence-corrected chi connectivity index (χ0v) is 20.2. The predicted molar refractivity (Wildman–Crippen MR) is 131 cm³/mol. The largest absolute Gasteiger partial charge is 0.484 e. The van der Waals surface area contributed by atoms with Gasteiger partial charge in [0.05, 0.1) is 18.5 Å². The van der Waals surface area contributed by atoms with Gasteiger partial charge in [-0.3, -0.25) is 4.79 Å². The van der Waals surface area contributed by atoms with Gasteiger partial charge >= 0.3 is 11.6 Å². The molecular formula is C25H34FN5O4. The van der Waals surface area contributed by atoms with E-state index in [2.05, 4.69) is 10.4 Å². The number of piperazine rings is 1. The minimum Gasteiger partial charge on any atom is -0.484 e. The normalized spacial score (nSPS) is 16.9. The molecule has 0 radical (unpaired) electrons. The first kappa shape index (κ1) is 25.0. The van der Waals surface area contributed by atoms with E-state index >= 15 is 0 Å². The zero-order valence-electron chi connectivity index (χ0n) is 20.2. The number of rotatable bonds is 8. The van der Waals surface area contributed by atoms with Crippen LogP contribution in [0.15, 0.2) is 35.3 Å². The molecule has 1 aliphatic heterocycles. The lowest BCUT2D eigenvalue weighted by molar-refractivity contribution is 0.109. The third-order valence-corrected chi connectivity index (χ3v) is 6.49. The SMILES string of the molecule is CCOCCOc1c(N2CCN(C(=O)NC3CCCCC3)CC2)cnn(-c2cccc(F)c2)c1=O. The Hall–Kier alpha value is -3.14. The van der Waals surface area contributed by atoms with Crippen molar-refractivity contribution in [3.8, 4) is 11.4 Å². The number of benzene rings is 1. The summed E-state index contributed by atoms with van der Waals surface area (Å²) in [5.74, 6) is -0.314. The molecule has 0 atom stereocenters. The van der Waals surface area contributed by atoms with Crippen LogP contribution >= 0.6 is 0 Å². The van der Waals surface area contributed by atoms with E-state index in [4.69, 9.17) is 9.47 Å². The Labute approximate surface area is 204 Å². The third kappa shape index (κ3) is 6.30. The summed E-state index contributed by atoms with van der Waals surface area (Å²) in [6, 6.07) is 5.95. The van der Waals surface area contributed by atoms with Crippen LogP contribution in [-0.2, 0) is 4.74 Å². The van der Waals surface area contributed by atoms with Gasteiger partial charge in [0.2, 0.25) is 5.75 Å². The highest BCUT2D eigenvalue weighted by molar-refractivity contribution is 5.75. The fourth-order valence-electron chi connectivity index (χ4n) is 4.59. The number of nitrogens with one attached hydrogen (secondary N) is 1. The van der Waals surface area contributed by atoms with Crippen LogP contribution in [0.5, 0.6) is 5.75 Å². The summed E-state index contributed by atoms with van der Waals surface area (Å²) in [6.07, 6.45) is 7.23. The van der Waals surface area contributed by atoms with E-state index in [1.807, 2.05) is 16.7 Å². The highest BCUT2D eigenvalue weighted by Crippen LogP contribution is 2.26. The first-order valence-corrected chi connectivity index (χ1v) is 12.5. The smallest absolute Gasteiger partial charge is 0.317 e. The molecule has 0 unspecified atom stereocenters. The summed E-state index contributed by atoms with van der Waals surface area (Å²) in [5.41, 5.74) is 0.411. The Morgan fingerprint density at radius 1 is 1.14 bits per heavy atom. The molecule has 0 spiro atoms. The van der Waals surface area contributed by atoms with E-state index in [1.165, 1.54) is 37.5 Å². The number of hydrogen-bond donors (Lipinski definition) is 1. The number of nitrogens with zero attached hydrogens (tertiary/aromatic N) is 4. The molecule has 190 valence electrons. The summed E-state index contributed by atoms with van der Waals surface area (Å²) >= 11 is 0. The second kappa shape index (κ2) is 12.0. The van der Waals surface area contributed by atoms with E-state index < -0.39 is 11.4 Å². The topological polar surface area (TPSA) is 88.9 Å². The van der Waals surface area contributed by atoms with Crippen molar-refractivity contribution in [3.05, 3.63) is 46.6 Å². The molecule has 1 saturated heterocycles. The molecule has 1 saturated carbocycles. The van der Waals surface area contributed by atoms with Crippen molar-refractivity contribution in [2.75, 3.05) is 50.9 Å². The molecule has 1 aromatic carbocycles. The molecule has 2 heterocycles. The van der Waals surface area contributed by atoms with Crippen molar-refractivity contribution in [2.45, 2.75) is 45.1 Å². The van der Waals surface area contributed by atoms with E-state index in [0.717, 1.165) is 17.5 Å². The van der Waals surface area contributed by atoms with Gasteiger partial charge in [0.1, 0.15) is 18.1 Å². The average molecular weight is 488 g/mol. The third-order valence-electron chi connectivity index (χ3n) is 6.49. The molecule has 9 nitrogen and oxygen atoms in total. The van der Waals surface area contributed by atoms with Crippen LogP contribution < -0.4 is 20.5 Å². The number of amides is 2. The Balaban J connectivity index is 1.48. The number of hydrogen-bond acceptors (Lipinski definition) is 6. The second-order valence-corrected chi connectivity index (χ2v) is 8.86. The van der Waals surface area contributed by atoms with Gasteiger partial charge in [-0.1, -0.05) is 25.3 Å². The zero-order chi connectivity index (χ0) is 24.6. The van der Waals surface area contributed by atoms with Gasteiger partial charge in [0, 0.05) is 38.8 Å². The summed E-state index contributed by atoms with van der Waals surface area (Å²) in [4.78, 5) is 29.9. The van der Waals surface area contributed by atoms with Gasteiger partial charge in [0.15, 0.2) is 0 Å². The summed E-state index contributed by atoms with van der Waals surface area (Å²) in [7, 11) is 0. The fraction of sp³-hybridized carbons (Fsp3) is 0.560. The number of urea groups is 1. The minimum atomic E-state index is -0.470. The Kier molecular flexibility index (Phi) is 8.57. The second-order valence-electron chi connectivity index (χ2n) is 8.86. The predicted octanol–water partition coefficient (Wildman–Crippen LogP) is 2.95. The molecular weight excluding hydrogens is 453 g/mol. The maximum absolute atomic E-state index is 13.8. The summed E-state index contributed by atoms with van der Waals surface area (Å²) in [5, 5.41) is 7.46. The molecule has 1 aliphatic carbocycles. The molecule has 0 bridgehead atoms.